The first-order valence-electron chi connectivity index (χ1n) is 11.0. The first kappa shape index (κ1) is 25.4. The summed E-state index contributed by atoms with van der Waals surface area (Å²) >= 11 is 1.42. The van der Waals surface area contributed by atoms with E-state index in [1.165, 1.54) is 17.8 Å². The predicted molar refractivity (Wildman–Crippen MR) is 134 cm³/mol. The average Bonchev–Trinajstić information content (AvgIpc) is 3.21. The lowest BCUT2D eigenvalue weighted by atomic mass is 9.93. The number of carbonyl (C=O) groups is 2. The van der Waals surface area contributed by atoms with E-state index in [2.05, 4.69) is 16.9 Å². The molecular formula is C25H31N3O5S. The van der Waals surface area contributed by atoms with Crippen LogP contribution in [0.3, 0.4) is 0 Å². The van der Waals surface area contributed by atoms with Crippen molar-refractivity contribution >= 4 is 28.8 Å². The fourth-order valence-corrected chi connectivity index (χ4v) is 4.66. The quantitative estimate of drug-likeness (QED) is 0.393. The summed E-state index contributed by atoms with van der Waals surface area (Å²) in [4.78, 5) is 32.4. The molecule has 0 saturated carbocycles. The van der Waals surface area contributed by atoms with Gasteiger partial charge in [-0.25, -0.2) is 9.79 Å². The molecule has 182 valence electrons. The SMILES string of the molecule is C=CCOC(=O)C1=C(C)N=C2SC=C(CC(=O)NCC(C)C)N2[C@H]1c1cc(OC)cc(OC)c1. The number of amidine groups is 1. The number of methoxy groups -OCH3 is 2. The highest BCUT2D eigenvalue weighted by molar-refractivity contribution is 8.16. The van der Waals surface area contributed by atoms with E-state index in [1.54, 1.807) is 27.2 Å². The highest BCUT2D eigenvalue weighted by Crippen LogP contribution is 2.46. The van der Waals surface area contributed by atoms with Gasteiger partial charge in [-0.1, -0.05) is 38.3 Å². The molecule has 0 spiro atoms. The summed E-state index contributed by atoms with van der Waals surface area (Å²) in [7, 11) is 3.14. The minimum absolute atomic E-state index is 0.0788. The highest BCUT2D eigenvalue weighted by atomic mass is 32.2. The summed E-state index contributed by atoms with van der Waals surface area (Å²) < 4.78 is 16.4. The van der Waals surface area contributed by atoms with Gasteiger partial charge >= 0.3 is 5.97 Å². The molecule has 34 heavy (non-hydrogen) atoms. The Morgan fingerprint density at radius 1 is 1.24 bits per heavy atom. The van der Waals surface area contributed by atoms with Gasteiger partial charge in [0.25, 0.3) is 0 Å². The van der Waals surface area contributed by atoms with Crippen molar-refractivity contribution in [3.63, 3.8) is 0 Å². The van der Waals surface area contributed by atoms with Crippen molar-refractivity contribution in [1.29, 1.82) is 0 Å². The van der Waals surface area contributed by atoms with Crippen molar-refractivity contribution < 1.29 is 23.8 Å². The number of esters is 1. The Labute approximate surface area is 204 Å². The van der Waals surface area contributed by atoms with E-state index in [0.717, 1.165) is 11.3 Å². The van der Waals surface area contributed by atoms with Crippen molar-refractivity contribution in [2.75, 3.05) is 27.4 Å². The van der Waals surface area contributed by atoms with E-state index in [0.29, 0.717) is 40.4 Å². The minimum Gasteiger partial charge on any atom is -0.497 e. The van der Waals surface area contributed by atoms with Gasteiger partial charge in [-0.15, -0.1) is 0 Å². The maximum Gasteiger partial charge on any atom is 0.338 e. The van der Waals surface area contributed by atoms with Gasteiger partial charge in [0.05, 0.1) is 38.0 Å². The molecule has 1 amide bonds. The number of fused-ring (bicyclic) bond motifs is 1. The lowest BCUT2D eigenvalue weighted by Gasteiger charge is -2.36. The lowest BCUT2D eigenvalue weighted by Crippen LogP contribution is -2.38. The van der Waals surface area contributed by atoms with Crippen LogP contribution in [0.5, 0.6) is 11.5 Å². The number of nitrogens with zero attached hydrogens (tertiary/aromatic N) is 2. The molecule has 1 N–H and O–H groups in total. The Bertz CT molecular complexity index is 1040. The molecule has 0 aliphatic carbocycles. The van der Waals surface area contributed by atoms with Gasteiger partial charge in [0.2, 0.25) is 5.91 Å². The van der Waals surface area contributed by atoms with Gasteiger partial charge in [0, 0.05) is 18.3 Å². The number of allylic oxidation sites excluding steroid dienone is 1. The molecule has 2 heterocycles. The Morgan fingerprint density at radius 3 is 2.50 bits per heavy atom. The molecule has 9 heteroatoms. The first-order valence-corrected chi connectivity index (χ1v) is 11.9. The number of thioether (sulfide) groups is 1. The number of aliphatic imine (C=N–C) groups is 1. The molecular weight excluding hydrogens is 454 g/mol. The summed E-state index contributed by atoms with van der Waals surface area (Å²) in [5.41, 5.74) is 2.44. The lowest BCUT2D eigenvalue weighted by molar-refractivity contribution is -0.138. The van der Waals surface area contributed by atoms with E-state index in [-0.39, 0.29) is 18.9 Å². The summed E-state index contributed by atoms with van der Waals surface area (Å²) in [6.07, 6.45) is 1.68. The van der Waals surface area contributed by atoms with Crippen LogP contribution in [0, 0.1) is 5.92 Å². The molecule has 0 bridgehead atoms. The molecule has 2 aliphatic heterocycles. The van der Waals surface area contributed by atoms with E-state index in [1.807, 2.05) is 36.3 Å². The third kappa shape index (κ3) is 5.64. The second-order valence-electron chi connectivity index (χ2n) is 8.30. The van der Waals surface area contributed by atoms with E-state index >= 15 is 0 Å². The normalized spacial score (nSPS) is 17.1. The second-order valence-corrected chi connectivity index (χ2v) is 9.14. The molecule has 1 aromatic carbocycles. The van der Waals surface area contributed by atoms with Crippen molar-refractivity contribution in [3.8, 4) is 11.5 Å². The molecule has 1 aromatic rings. The largest absolute Gasteiger partial charge is 0.497 e. The molecule has 0 saturated heterocycles. The van der Waals surface area contributed by atoms with Gasteiger partial charge in [0.15, 0.2) is 5.17 Å². The monoisotopic (exact) mass is 485 g/mol. The molecule has 0 radical (unpaired) electrons. The Morgan fingerprint density at radius 2 is 1.91 bits per heavy atom. The summed E-state index contributed by atoms with van der Waals surface area (Å²) in [5.74, 6) is 0.930. The molecule has 2 aliphatic rings. The minimum atomic E-state index is -0.576. The second kappa shape index (κ2) is 11.3. The Kier molecular flexibility index (Phi) is 8.44. The third-order valence-electron chi connectivity index (χ3n) is 5.29. The van der Waals surface area contributed by atoms with Gasteiger partial charge in [-0.05, 0) is 35.9 Å². The number of benzene rings is 1. The van der Waals surface area contributed by atoms with Crippen LogP contribution >= 0.6 is 11.8 Å². The van der Waals surface area contributed by atoms with Gasteiger partial charge in [-0.2, -0.15) is 0 Å². The molecule has 0 aromatic heterocycles. The first-order chi connectivity index (χ1) is 16.3. The van der Waals surface area contributed by atoms with Crippen LogP contribution in [0.2, 0.25) is 0 Å². The Balaban J connectivity index is 2.06. The summed E-state index contributed by atoms with van der Waals surface area (Å²) in [6.45, 7) is 10.2. The van der Waals surface area contributed by atoms with Crippen LogP contribution in [-0.4, -0.2) is 49.3 Å². The van der Waals surface area contributed by atoms with E-state index in [9.17, 15) is 9.59 Å². The van der Waals surface area contributed by atoms with Crippen molar-refractivity contribution in [1.82, 2.24) is 10.2 Å². The number of hydrogen-bond acceptors (Lipinski definition) is 8. The molecule has 0 fully saturated rings. The zero-order valence-electron chi connectivity index (χ0n) is 20.2. The van der Waals surface area contributed by atoms with Crippen LogP contribution in [0.4, 0.5) is 0 Å². The van der Waals surface area contributed by atoms with Crippen LogP contribution < -0.4 is 14.8 Å². The van der Waals surface area contributed by atoms with Gasteiger partial charge in [0.1, 0.15) is 18.1 Å². The summed E-state index contributed by atoms with van der Waals surface area (Å²) in [6, 6.07) is 4.89. The van der Waals surface area contributed by atoms with Crippen LogP contribution in [0.15, 0.2) is 58.2 Å². The predicted octanol–water partition coefficient (Wildman–Crippen LogP) is 4.17. The summed E-state index contributed by atoms with van der Waals surface area (Å²) in [5, 5.41) is 5.55. The van der Waals surface area contributed by atoms with Crippen LogP contribution in [0.1, 0.15) is 38.8 Å². The number of carbonyl (C=O) groups excluding carboxylic acids is 2. The Hall–Kier alpha value is -3.20. The maximum absolute atomic E-state index is 13.2. The van der Waals surface area contributed by atoms with Crippen LogP contribution in [-0.2, 0) is 14.3 Å². The number of amides is 1. The van der Waals surface area contributed by atoms with Crippen LogP contribution in [0.25, 0.3) is 0 Å². The number of nitrogens with one attached hydrogen (secondary N) is 1. The molecule has 8 nitrogen and oxygen atoms in total. The number of rotatable bonds is 10. The standard InChI is InChI=1S/C25H31N3O5S/c1-7-8-33-24(30)22-16(4)27-25-28(18(14-34-25)11-21(29)26-13-15(2)3)23(22)17-9-19(31-5)12-20(10-17)32-6/h7,9-10,12,14-15,23H,1,8,11,13H2,2-6H3,(H,26,29)/t23-/m0/s1. The van der Waals surface area contributed by atoms with Crippen molar-refractivity contribution in [2.45, 2.75) is 33.2 Å². The molecule has 1 atom stereocenters. The number of hydrogen-bond donors (Lipinski definition) is 1. The smallest absolute Gasteiger partial charge is 0.338 e. The molecule has 0 unspecified atom stereocenters. The highest BCUT2D eigenvalue weighted by Gasteiger charge is 2.41. The van der Waals surface area contributed by atoms with Gasteiger partial charge < -0.3 is 24.4 Å². The number of ether oxygens (including phenoxy) is 3. The average molecular weight is 486 g/mol. The van der Waals surface area contributed by atoms with Crippen molar-refractivity contribution in [2.24, 2.45) is 10.9 Å². The maximum atomic E-state index is 13.2. The van der Waals surface area contributed by atoms with Crippen molar-refractivity contribution in [3.05, 3.63) is 58.8 Å². The fourth-order valence-electron chi connectivity index (χ4n) is 3.69. The molecule has 3 rings (SSSR count). The fraction of sp³-hybridized carbons (Fsp3) is 0.400. The van der Waals surface area contributed by atoms with E-state index < -0.39 is 12.0 Å². The van der Waals surface area contributed by atoms with E-state index in [4.69, 9.17) is 14.2 Å². The van der Waals surface area contributed by atoms with Gasteiger partial charge in [-0.3, -0.25) is 4.79 Å². The zero-order chi connectivity index (χ0) is 24.8. The topological polar surface area (TPSA) is 89.5 Å². The zero-order valence-corrected chi connectivity index (χ0v) is 21.0. The third-order valence-corrected chi connectivity index (χ3v) is 6.18.